The molecule has 29 heavy (non-hydrogen) atoms. The Morgan fingerprint density at radius 3 is 2.55 bits per heavy atom. The number of hydrogen-bond acceptors (Lipinski definition) is 3. The first-order chi connectivity index (χ1) is 13.6. The Hall–Kier alpha value is -1.13. The van der Waals surface area contributed by atoms with Crippen LogP contribution in [0, 0.1) is 0 Å². The van der Waals surface area contributed by atoms with Gasteiger partial charge in [0.25, 0.3) is 0 Å². The third kappa shape index (κ3) is 8.25. The predicted octanol–water partition coefficient (Wildman–Crippen LogP) is 3.56. The number of aliphatic imine (C=N–C) groups is 1. The summed E-state index contributed by atoms with van der Waals surface area (Å²) in [6.07, 6.45) is 7.16. The van der Waals surface area contributed by atoms with Crippen molar-refractivity contribution in [3.63, 3.8) is 0 Å². The van der Waals surface area contributed by atoms with Gasteiger partial charge in [-0.25, -0.2) is 0 Å². The van der Waals surface area contributed by atoms with Crippen LogP contribution in [0.5, 0.6) is 0 Å². The molecule has 1 aromatic heterocycles. The maximum Gasteiger partial charge on any atom is 0.191 e. The minimum Gasteiger partial charge on any atom is -0.357 e. The van der Waals surface area contributed by atoms with E-state index in [4.69, 9.17) is 4.99 Å². The van der Waals surface area contributed by atoms with Crippen molar-refractivity contribution < 1.29 is 0 Å². The van der Waals surface area contributed by atoms with Gasteiger partial charge in [0.15, 0.2) is 5.96 Å². The Kier molecular flexibility index (Phi) is 10.4. The SMILES string of the molecule is CCNC(=NCCc1cnn(C)c1)NC1CCN(Cc2ccc(Br)cc2)CC1.I. The fraction of sp³-hybridized carbons (Fsp3) is 0.524. The standard InChI is InChI=1S/C21H31BrN6.HI/c1-3-23-21(24-11-8-18-14-25-27(2)15-18)26-20-9-12-28(13-10-20)16-17-4-6-19(22)7-5-17;/h4-7,14-15,20H,3,8-13,16H2,1-2H3,(H2,23,24,26);1H. The van der Waals surface area contributed by atoms with Crippen molar-refractivity contribution >= 4 is 45.9 Å². The second kappa shape index (κ2) is 12.5. The minimum absolute atomic E-state index is 0. The first-order valence-electron chi connectivity index (χ1n) is 10.1. The number of nitrogens with one attached hydrogen (secondary N) is 2. The molecule has 0 unspecified atom stereocenters. The Balaban J connectivity index is 0.00000300. The average Bonchev–Trinajstić information content (AvgIpc) is 3.10. The molecule has 1 fully saturated rings. The van der Waals surface area contributed by atoms with E-state index >= 15 is 0 Å². The van der Waals surface area contributed by atoms with Gasteiger partial charge in [-0.3, -0.25) is 14.6 Å². The molecule has 1 aromatic carbocycles. The smallest absolute Gasteiger partial charge is 0.191 e. The molecule has 0 radical (unpaired) electrons. The lowest BCUT2D eigenvalue weighted by molar-refractivity contribution is 0.198. The van der Waals surface area contributed by atoms with E-state index in [-0.39, 0.29) is 24.0 Å². The fourth-order valence-corrected chi connectivity index (χ4v) is 3.76. The number of halogens is 2. The van der Waals surface area contributed by atoms with Crippen LogP contribution < -0.4 is 10.6 Å². The summed E-state index contributed by atoms with van der Waals surface area (Å²) >= 11 is 3.50. The number of rotatable bonds is 7. The van der Waals surface area contributed by atoms with Crippen LogP contribution in [-0.4, -0.2) is 52.9 Å². The minimum atomic E-state index is 0. The van der Waals surface area contributed by atoms with Gasteiger partial charge in [0.05, 0.1) is 6.20 Å². The van der Waals surface area contributed by atoms with Crippen molar-refractivity contribution in [3.8, 4) is 0 Å². The molecule has 1 aliphatic heterocycles. The van der Waals surface area contributed by atoms with Gasteiger partial charge in [0.1, 0.15) is 0 Å². The summed E-state index contributed by atoms with van der Waals surface area (Å²) in [6, 6.07) is 9.12. The zero-order valence-corrected chi connectivity index (χ0v) is 21.2. The highest BCUT2D eigenvalue weighted by Gasteiger charge is 2.20. The van der Waals surface area contributed by atoms with Crippen LogP contribution in [0.2, 0.25) is 0 Å². The van der Waals surface area contributed by atoms with Crippen molar-refractivity contribution in [1.29, 1.82) is 0 Å². The van der Waals surface area contributed by atoms with E-state index in [1.807, 2.05) is 17.9 Å². The topological polar surface area (TPSA) is 57.5 Å². The Labute approximate surface area is 199 Å². The monoisotopic (exact) mass is 574 g/mol. The molecule has 0 amide bonds. The van der Waals surface area contributed by atoms with Crippen molar-refractivity contribution in [2.75, 3.05) is 26.2 Å². The number of aryl methyl sites for hydroxylation is 1. The van der Waals surface area contributed by atoms with Crippen LogP contribution in [0.3, 0.4) is 0 Å². The van der Waals surface area contributed by atoms with Gasteiger partial charge in [-0.2, -0.15) is 5.10 Å². The van der Waals surface area contributed by atoms with E-state index in [9.17, 15) is 0 Å². The Bertz CT molecular complexity index is 753. The van der Waals surface area contributed by atoms with Crippen molar-refractivity contribution in [2.24, 2.45) is 12.0 Å². The van der Waals surface area contributed by atoms with Gasteiger partial charge in [0, 0.05) is 56.5 Å². The number of likely N-dealkylation sites (tertiary alicyclic amines) is 1. The number of nitrogens with zero attached hydrogens (tertiary/aromatic N) is 4. The summed E-state index contributed by atoms with van der Waals surface area (Å²) in [6.45, 7) is 7.01. The number of benzene rings is 1. The molecule has 0 spiro atoms. The molecule has 0 saturated carbocycles. The van der Waals surface area contributed by atoms with Crippen LogP contribution in [0.4, 0.5) is 0 Å². The summed E-state index contributed by atoms with van der Waals surface area (Å²) in [4.78, 5) is 7.28. The van der Waals surface area contributed by atoms with E-state index in [0.29, 0.717) is 6.04 Å². The van der Waals surface area contributed by atoms with Gasteiger partial charge in [-0.1, -0.05) is 28.1 Å². The van der Waals surface area contributed by atoms with Gasteiger partial charge in [0.2, 0.25) is 0 Å². The van der Waals surface area contributed by atoms with Gasteiger partial charge in [-0.15, -0.1) is 24.0 Å². The molecule has 0 aliphatic carbocycles. The third-order valence-electron chi connectivity index (χ3n) is 5.02. The molecule has 6 nitrogen and oxygen atoms in total. The summed E-state index contributed by atoms with van der Waals surface area (Å²) in [5.74, 6) is 0.928. The molecule has 1 aliphatic rings. The highest BCUT2D eigenvalue weighted by Crippen LogP contribution is 2.16. The quantitative estimate of drug-likeness (QED) is 0.302. The molecule has 2 aromatic rings. The highest BCUT2D eigenvalue weighted by molar-refractivity contribution is 14.0. The van der Waals surface area contributed by atoms with Gasteiger partial charge < -0.3 is 10.6 Å². The Morgan fingerprint density at radius 2 is 1.93 bits per heavy atom. The summed E-state index contributed by atoms with van der Waals surface area (Å²) in [7, 11) is 1.95. The van der Waals surface area contributed by atoms with E-state index in [1.54, 1.807) is 0 Å². The Morgan fingerprint density at radius 1 is 1.21 bits per heavy atom. The van der Waals surface area contributed by atoms with Crippen molar-refractivity contribution in [2.45, 2.75) is 38.8 Å². The fourth-order valence-electron chi connectivity index (χ4n) is 3.49. The molecule has 0 bridgehead atoms. The van der Waals surface area contributed by atoms with E-state index < -0.39 is 0 Å². The summed E-state index contributed by atoms with van der Waals surface area (Å²) in [5, 5.41) is 11.2. The van der Waals surface area contributed by atoms with Crippen LogP contribution in [-0.2, 0) is 20.0 Å². The molecule has 1 saturated heterocycles. The molecular formula is C21H32BrIN6. The number of hydrogen-bond donors (Lipinski definition) is 2. The predicted molar refractivity (Wildman–Crippen MR) is 134 cm³/mol. The molecule has 2 N–H and O–H groups in total. The normalized spacial score (nSPS) is 15.8. The second-order valence-electron chi connectivity index (χ2n) is 7.35. The molecule has 160 valence electrons. The maximum absolute atomic E-state index is 4.75. The summed E-state index contributed by atoms with van der Waals surface area (Å²) in [5.41, 5.74) is 2.60. The van der Waals surface area contributed by atoms with Crippen molar-refractivity contribution in [3.05, 3.63) is 52.3 Å². The van der Waals surface area contributed by atoms with Gasteiger partial charge >= 0.3 is 0 Å². The van der Waals surface area contributed by atoms with Crippen LogP contribution in [0.1, 0.15) is 30.9 Å². The lowest BCUT2D eigenvalue weighted by Gasteiger charge is -2.33. The largest absolute Gasteiger partial charge is 0.357 e. The van der Waals surface area contributed by atoms with Gasteiger partial charge in [-0.05, 0) is 49.4 Å². The second-order valence-corrected chi connectivity index (χ2v) is 8.27. The van der Waals surface area contributed by atoms with Crippen LogP contribution >= 0.6 is 39.9 Å². The average molecular weight is 575 g/mol. The first kappa shape index (κ1) is 24.1. The van der Waals surface area contributed by atoms with E-state index in [0.717, 1.165) is 62.4 Å². The van der Waals surface area contributed by atoms with Crippen LogP contribution in [0.25, 0.3) is 0 Å². The highest BCUT2D eigenvalue weighted by atomic mass is 127. The zero-order chi connectivity index (χ0) is 19.8. The van der Waals surface area contributed by atoms with Crippen molar-refractivity contribution in [1.82, 2.24) is 25.3 Å². The lowest BCUT2D eigenvalue weighted by Crippen LogP contribution is -2.48. The third-order valence-corrected chi connectivity index (χ3v) is 5.55. The molecule has 2 heterocycles. The zero-order valence-electron chi connectivity index (χ0n) is 17.3. The maximum atomic E-state index is 4.75. The number of piperidine rings is 1. The lowest BCUT2D eigenvalue weighted by atomic mass is 10.0. The van der Waals surface area contributed by atoms with E-state index in [2.05, 4.69) is 73.9 Å². The van der Waals surface area contributed by atoms with Crippen LogP contribution in [0.15, 0.2) is 46.1 Å². The first-order valence-corrected chi connectivity index (χ1v) is 10.9. The molecule has 8 heteroatoms. The number of guanidine groups is 1. The van der Waals surface area contributed by atoms with E-state index in [1.165, 1.54) is 11.1 Å². The summed E-state index contributed by atoms with van der Waals surface area (Å²) < 4.78 is 2.97. The number of aromatic nitrogens is 2. The molecule has 0 atom stereocenters. The molecule has 3 rings (SSSR count). The molecular weight excluding hydrogens is 543 g/mol.